The lowest BCUT2D eigenvalue weighted by Crippen LogP contribution is -2.51. The Balaban J connectivity index is 2.20. The van der Waals surface area contributed by atoms with Crippen molar-refractivity contribution in [2.24, 2.45) is 5.84 Å². The van der Waals surface area contributed by atoms with Gasteiger partial charge in [-0.1, -0.05) is 18.2 Å². The van der Waals surface area contributed by atoms with Crippen LogP contribution in [0.5, 0.6) is 0 Å². The maximum atomic E-state index is 11.9. The van der Waals surface area contributed by atoms with Crippen LogP contribution in [-0.2, 0) is 16.1 Å². The van der Waals surface area contributed by atoms with Gasteiger partial charge in [0.15, 0.2) is 0 Å². The second-order valence-electron chi connectivity index (χ2n) is 4.63. The van der Waals surface area contributed by atoms with E-state index >= 15 is 0 Å². The van der Waals surface area contributed by atoms with E-state index in [1.54, 1.807) is 31.3 Å². The molecule has 1 aromatic rings. The first-order chi connectivity index (χ1) is 9.52. The fourth-order valence-electron chi connectivity index (χ4n) is 2.07. The van der Waals surface area contributed by atoms with E-state index < -0.39 is 5.91 Å². The number of likely N-dealkylation sites (N-methyl/N-ethyl adjacent to an activating group) is 1. The zero-order valence-electron chi connectivity index (χ0n) is 11.1. The smallest absolute Gasteiger partial charge is 0.265 e. The summed E-state index contributed by atoms with van der Waals surface area (Å²) in [6, 6.07) is 6.84. The van der Waals surface area contributed by atoms with Crippen LogP contribution in [0.3, 0.4) is 0 Å². The van der Waals surface area contributed by atoms with Gasteiger partial charge in [-0.25, -0.2) is 5.84 Å². The molecule has 1 fully saturated rings. The quantitative estimate of drug-likeness (QED) is 0.424. The first-order valence-corrected chi connectivity index (χ1v) is 6.13. The van der Waals surface area contributed by atoms with Gasteiger partial charge in [0.1, 0.15) is 6.54 Å². The van der Waals surface area contributed by atoms with Gasteiger partial charge in [0.25, 0.3) is 5.91 Å². The summed E-state index contributed by atoms with van der Waals surface area (Å²) in [6.07, 6.45) is 0. The van der Waals surface area contributed by atoms with Gasteiger partial charge < -0.3 is 9.80 Å². The molecule has 7 nitrogen and oxygen atoms in total. The minimum absolute atomic E-state index is 0.0217. The lowest BCUT2D eigenvalue weighted by Gasteiger charge is -2.32. The average Bonchev–Trinajstić information content (AvgIpc) is 2.44. The molecule has 106 valence electrons. The first kappa shape index (κ1) is 14.0. The third-order valence-corrected chi connectivity index (χ3v) is 3.23. The Kier molecular flexibility index (Phi) is 3.99. The molecule has 1 aromatic carbocycles. The highest BCUT2D eigenvalue weighted by atomic mass is 16.2. The van der Waals surface area contributed by atoms with Gasteiger partial charge in [0, 0.05) is 19.2 Å². The van der Waals surface area contributed by atoms with E-state index in [-0.39, 0.29) is 31.4 Å². The van der Waals surface area contributed by atoms with Crippen molar-refractivity contribution in [3.63, 3.8) is 0 Å². The number of rotatable bonds is 3. The van der Waals surface area contributed by atoms with Gasteiger partial charge in [0.2, 0.25) is 11.8 Å². The first-order valence-electron chi connectivity index (χ1n) is 6.13. The fourth-order valence-corrected chi connectivity index (χ4v) is 2.07. The molecule has 1 aliphatic rings. The molecule has 1 saturated heterocycles. The van der Waals surface area contributed by atoms with Crippen molar-refractivity contribution in [1.82, 2.24) is 15.2 Å². The Hall–Kier alpha value is -2.41. The van der Waals surface area contributed by atoms with E-state index in [4.69, 9.17) is 5.84 Å². The van der Waals surface area contributed by atoms with Crippen LogP contribution in [-0.4, -0.2) is 47.7 Å². The van der Waals surface area contributed by atoms with E-state index in [1.807, 2.05) is 0 Å². The molecule has 0 spiro atoms. The van der Waals surface area contributed by atoms with E-state index in [0.29, 0.717) is 11.1 Å². The van der Waals surface area contributed by atoms with Crippen molar-refractivity contribution in [1.29, 1.82) is 0 Å². The topological polar surface area (TPSA) is 95.7 Å². The van der Waals surface area contributed by atoms with Crippen molar-refractivity contribution in [2.45, 2.75) is 6.54 Å². The lowest BCUT2D eigenvalue weighted by atomic mass is 10.1. The number of nitrogens with two attached hydrogens (primary N) is 1. The largest absolute Gasteiger partial charge is 0.335 e. The minimum Gasteiger partial charge on any atom is -0.335 e. The summed E-state index contributed by atoms with van der Waals surface area (Å²) >= 11 is 0. The summed E-state index contributed by atoms with van der Waals surface area (Å²) in [4.78, 5) is 38.0. The van der Waals surface area contributed by atoms with Gasteiger partial charge >= 0.3 is 0 Å². The van der Waals surface area contributed by atoms with Crippen LogP contribution < -0.4 is 11.3 Å². The molecule has 0 radical (unpaired) electrons. The van der Waals surface area contributed by atoms with Crippen molar-refractivity contribution >= 4 is 17.7 Å². The highest BCUT2D eigenvalue weighted by molar-refractivity contribution is 5.96. The second-order valence-corrected chi connectivity index (χ2v) is 4.63. The van der Waals surface area contributed by atoms with Gasteiger partial charge in [-0.05, 0) is 11.6 Å². The normalized spacial score (nSPS) is 15.5. The molecule has 7 heteroatoms. The van der Waals surface area contributed by atoms with Gasteiger partial charge in [0.05, 0.1) is 6.54 Å². The molecular formula is C13H16N4O3. The number of benzene rings is 1. The predicted octanol–water partition coefficient (Wildman–Crippen LogP) is -0.909. The zero-order valence-corrected chi connectivity index (χ0v) is 11.1. The maximum absolute atomic E-state index is 11.9. The van der Waals surface area contributed by atoms with Crippen molar-refractivity contribution in [3.8, 4) is 0 Å². The number of nitrogens with zero attached hydrogens (tertiary/aromatic N) is 2. The molecule has 1 heterocycles. The third-order valence-electron chi connectivity index (χ3n) is 3.23. The van der Waals surface area contributed by atoms with Crippen LogP contribution in [0.2, 0.25) is 0 Å². The molecular weight excluding hydrogens is 260 g/mol. The number of carbonyl (C=O) groups excluding carboxylic acids is 3. The van der Waals surface area contributed by atoms with E-state index in [1.165, 1.54) is 9.80 Å². The zero-order chi connectivity index (χ0) is 14.7. The number of hydrogen-bond acceptors (Lipinski definition) is 4. The highest BCUT2D eigenvalue weighted by Crippen LogP contribution is 2.14. The van der Waals surface area contributed by atoms with E-state index in [9.17, 15) is 14.4 Å². The summed E-state index contributed by atoms with van der Waals surface area (Å²) < 4.78 is 0. The van der Waals surface area contributed by atoms with Crippen molar-refractivity contribution < 1.29 is 14.4 Å². The van der Waals surface area contributed by atoms with Crippen LogP contribution in [0.4, 0.5) is 0 Å². The molecule has 1 aliphatic heterocycles. The van der Waals surface area contributed by atoms with E-state index in [2.05, 4.69) is 5.43 Å². The Morgan fingerprint density at radius 3 is 2.65 bits per heavy atom. The number of hydrogen-bond donors (Lipinski definition) is 2. The number of amides is 3. The van der Waals surface area contributed by atoms with Crippen LogP contribution >= 0.6 is 0 Å². The number of hydrazine groups is 1. The Morgan fingerprint density at radius 2 is 1.95 bits per heavy atom. The summed E-state index contributed by atoms with van der Waals surface area (Å²) in [7, 11) is 1.59. The Bertz CT molecular complexity index is 558. The van der Waals surface area contributed by atoms with Crippen molar-refractivity contribution in [3.05, 3.63) is 35.4 Å². The molecule has 3 N–H and O–H groups in total. The SMILES string of the molecule is CN1CC(=O)N(Cc2ccccc2C(=O)NN)CC1=O. The second kappa shape index (κ2) is 5.70. The summed E-state index contributed by atoms with van der Waals surface area (Å²) in [5.41, 5.74) is 3.12. The molecule has 0 saturated carbocycles. The standard InChI is InChI=1S/C13H16N4O3/c1-16-7-12(19)17(8-11(16)18)6-9-4-2-3-5-10(9)13(20)15-14/h2-5H,6-8,14H2,1H3,(H,15,20). The van der Waals surface area contributed by atoms with Crippen LogP contribution in [0.1, 0.15) is 15.9 Å². The summed E-state index contributed by atoms with van der Waals surface area (Å²) in [6.45, 7) is 0.292. The monoisotopic (exact) mass is 276 g/mol. The molecule has 0 aromatic heterocycles. The molecule has 20 heavy (non-hydrogen) atoms. The number of nitrogens with one attached hydrogen (secondary N) is 1. The molecule has 0 atom stereocenters. The summed E-state index contributed by atoms with van der Waals surface area (Å²) in [5, 5.41) is 0. The fraction of sp³-hybridized carbons (Fsp3) is 0.308. The molecule has 0 bridgehead atoms. The van der Waals surface area contributed by atoms with Gasteiger partial charge in [-0.2, -0.15) is 0 Å². The lowest BCUT2D eigenvalue weighted by molar-refractivity contribution is -0.149. The maximum Gasteiger partial charge on any atom is 0.265 e. The molecule has 0 unspecified atom stereocenters. The predicted molar refractivity (Wildman–Crippen MR) is 71.1 cm³/mol. The molecule has 3 amide bonds. The van der Waals surface area contributed by atoms with Crippen LogP contribution in [0, 0.1) is 0 Å². The third kappa shape index (κ3) is 2.77. The average molecular weight is 276 g/mol. The van der Waals surface area contributed by atoms with Gasteiger partial charge in [-0.15, -0.1) is 0 Å². The van der Waals surface area contributed by atoms with Crippen molar-refractivity contribution in [2.75, 3.05) is 20.1 Å². The Labute approximate surface area is 116 Å². The van der Waals surface area contributed by atoms with Crippen LogP contribution in [0.15, 0.2) is 24.3 Å². The Morgan fingerprint density at radius 1 is 1.25 bits per heavy atom. The minimum atomic E-state index is -0.423. The highest BCUT2D eigenvalue weighted by Gasteiger charge is 2.28. The summed E-state index contributed by atoms with van der Waals surface area (Å²) in [5.74, 6) is 4.45. The number of piperazine rings is 1. The molecule has 0 aliphatic carbocycles. The van der Waals surface area contributed by atoms with Gasteiger partial charge in [-0.3, -0.25) is 19.8 Å². The molecule has 2 rings (SSSR count). The van der Waals surface area contributed by atoms with Crippen LogP contribution in [0.25, 0.3) is 0 Å². The number of nitrogen functional groups attached to an aromatic ring is 1. The van der Waals surface area contributed by atoms with E-state index in [0.717, 1.165) is 0 Å². The number of carbonyl (C=O) groups is 3.